The minimum atomic E-state index is -2.74. The van der Waals surface area contributed by atoms with E-state index in [0.717, 1.165) is 6.08 Å². The van der Waals surface area contributed by atoms with Crippen LogP contribution in [-0.4, -0.2) is 73.9 Å². The number of aliphatic hydroxyl groups is 5. The van der Waals surface area contributed by atoms with Gasteiger partial charge in [-0.25, -0.2) is 0 Å². The van der Waals surface area contributed by atoms with Crippen molar-refractivity contribution in [2.45, 2.75) is 30.2 Å². The molecule has 2 aliphatic rings. The first-order chi connectivity index (χ1) is 11.3. The second-order valence-electron chi connectivity index (χ2n) is 5.76. The Hall–Kier alpha value is -1.94. The van der Waals surface area contributed by atoms with Crippen molar-refractivity contribution in [2.75, 3.05) is 6.61 Å². The Morgan fingerprint density at radius 2 is 1.67 bits per heavy atom. The summed E-state index contributed by atoms with van der Waals surface area (Å²) in [4.78, 5) is 24.8. The maximum Gasteiger partial charge on any atom is 0.226 e. The summed E-state index contributed by atoms with van der Waals surface area (Å²) in [5.41, 5.74) is -0.409. The summed E-state index contributed by atoms with van der Waals surface area (Å²) < 4.78 is 5.10. The molecule has 5 N–H and O–H groups in total. The number of fused-ring (bicyclic) bond motifs is 1. The third-order valence-electron chi connectivity index (χ3n) is 4.31. The number of hydrogen-bond donors (Lipinski definition) is 5. The van der Waals surface area contributed by atoms with Crippen molar-refractivity contribution < 1.29 is 39.9 Å². The van der Waals surface area contributed by atoms with Gasteiger partial charge in [0, 0.05) is 11.1 Å². The van der Waals surface area contributed by atoms with Crippen LogP contribution in [0.15, 0.2) is 35.9 Å². The number of Topliss-reactive ketones (excluding diaryl/α,β-unsaturated/α-hetero) is 1. The molecule has 0 aromatic heterocycles. The third kappa shape index (κ3) is 2.32. The molecule has 1 fully saturated rings. The highest BCUT2D eigenvalue weighted by molar-refractivity contribution is 6.25. The van der Waals surface area contributed by atoms with E-state index in [-0.39, 0.29) is 11.1 Å². The lowest BCUT2D eigenvalue weighted by atomic mass is 9.80. The van der Waals surface area contributed by atoms with Crippen molar-refractivity contribution in [3.8, 4) is 0 Å². The summed E-state index contributed by atoms with van der Waals surface area (Å²) >= 11 is 0. The molecule has 1 saturated heterocycles. The molecule has 0 unspecified atom stereocenters. The van der Waals surface area contributed by atoms with Crippen LogP contribution in [0.3, 0.4) is 0 Å². The maximum atomic E-state index is 12.6. The molecule has 0 saturated carbocycles. The molecular formula is C16H16O8. The fraction of sp³-hybridized carbons (Fsp3) is 0.375. The Kier molecular flexibility index (Phi) is 4.12. The van der Waals surface area contributed by atoms with Gasteiger partial charge in [-0.2, -0.15) is 0 Å². The monoisotopic (exact) mass is 336 g/mol. The van der Waals surface area contributed by atoms with Crippen LogP contribution in [0, 0.1) is 0 Å². The summed E-state index contributed by atoms with van der Waals surface area (Å²) in [6.45, 7) is -0.779. The van der Waals surface area contributed by atoms with Gasteiger partial charge in [0.05, 0.1) is 12.2 Å². The zero-order valence-corrected chi connectivity index (χ0v) is 12.4. The molecule has 0 bridgehead atoms. The van der Waals surface area contributed by atoms with E-state index in [1.165, 1.54) is 18.2 Å². The Morgan fingerprint density at radius 1 is 1.04 bits per heavy atom. The predicted octanol–water partition coefficient (Wildman–Crippen LogP) is -1.85. The van der Waals surface area contributed by atoms with Crippen molar-refractivity contribution in [2.24, 2.45) is 0 Å². The molecule has 8 heteroatoms. The average Bonchev–Trinajstić information content (AvgIpc) is 2.59. The zero-order chi connectivity index (χ0) is 17.6. The van der Waals surface area contributed by atoms with Crippen LogP contribution in [0.5, 0.6) is 0 Å². The smallest absolute Gasteiger partial charge is 0.226 e. The number of aliphatic hydroxyl groups excluding tert-OH is 4. The van der Waals surface area contributed by atoms with Crippen LogP contribution in [0.1, 0.15) is 20.7 Å². The van der Waals surface area contributed by atoms with Gasteiger partial charge in [0.15, 0.2) is 11.6 Å². The average molecular weight is 336 g/mol. The van der Waals surface area contributed by atoms with Crippen LogP contribution in [0.4, 0.5) is 0 Å². The number of ether oxygens (including phenoxy) is 1. The van der Waals surface area contributed by atoms with E-state index in [4.69, 9.17) is 4.74 Å². The van der Waals surface area contributed by atoms with E-state index in [1.807, 2.05) is 0 Å². The summed E-state index contributed by atoms with van der Waals surface area (Å²) in [5.74, 6) is -4.08. The van der Waals surface area contributed by atoms with Crippen molar-refractivity contribution in [3.05, 3.63) is 47.0 Å². The molecule has 0 radical (unpaired) electrons. The van der Waals surface area contributed by atoms with Gasteiger partial charge in [-0.05, 0) is 6.08 Å². The first-order valence-corrected chi connectivity index (χ1v) is 7.26. The molecule has 1 heterocycles. The minimum Gasteiger partial charge on any atom is -0.394 e. The van der Waals surface area contributed by atoms with Gasteiger partial charge in [0.25, 0.3) is 0 Å². The Balaban J connectivity index is 2.07. The maximum absolute atomic E-state index is 12.6. The lowest BCUT2D eigenvalue weighted by Crippen LogP contribution is -2.66. The number of hydrogen-bond acceptors (Lipinski definition) is 8. The van der Waals surface area contributed by atoms with Gasteiger partial charge in [-0.1, -0.05) is 24.3 Å². The molecule has 1 aromatic rings. The van der Waals surface area contributed by atoms with Crippen molar-refractivity contribution in [1.82, 2.24) is 0 Å². The third-order valence-corrected chi connectivity index (χ3v) is 4.31. The quantitative estimate of drug-likeness (QED) is 0.423. The van der Waals surface area contributed by atoms with Gasteiger partial charge < -0.3 is 30.3 Å². The van der Waals surface area contributed by atoms with E-state index in [1.54, 1.807) is 6.07 Å². The molecule has 1 aliphatic heterocycles. The van der Waals surface area contributed by atoms with Crippen molar-refractivity contribution >= 4 is 11.6 Å². The van der Waals surface area contributed by atoms with Gasteiger partial charge in [-0.15, -0.1) is 0 Å². The van der Waals surface area contributed by atoms with E-state index < -0.39 is 53.9 Å². The highest BCUT2D eigenvalue weighted by Gasteiger charge is 2.56. The molecular weight excluding hydrogens is 320 g/mol. The van der Waals surface area contributed by atoms with E-state index in [9.17, 15) is 35.1 Å². The molecule has 8 nitrogen and oxygen atoms in total. The normalized spacial score (nSPS) is 36.3. The Bertz CT molecular complexity index is 725. The molecule has 5 atom stereocenters. The first-order valence-electron chi connectivity index (χ1n) is 7.26. The molecule has 3 rings (SSSR count). The number of rotatable bonds is 2. The van der Waals surface area contributed by atoms with E-state index in [2.05, 4.69) is 0 Å². The van der Waals surface area contributed by atoms with Gasteiger partial charge in [-0.3, -0.25) is 9.59 Å². The Labute approximate surface area is 136 Å². The summed E-state index contributed by atoms with van der Waals surface area (Å²) in [6, 6.07) is 5.94. The van der Waals surface area contributed by atoms with Crippen LogP contribution >= 0.6 is 0 Å². The molecule has 128 valence electrons. The molecule has 0 spiro atoms. The molecule has 1 aromatic carbocycles. The fourth-order valence-electron chi connectivity index (χ4n) is 2.96. The lowest BCUT2D eigenvalue weighted by Gasteiger charge is -2.46. The number of allylic oxidation sites excluding steroid dienone is 1. The fourth-order valence-corrected chi connectivity index (χ4v) is 2.96. The highest BCUT2D eigenvalue weighted by atomic mass is 16.7. The van der Waals surface area contributed by atoms with Crippen molar-refractivity contribution in [1.29, 1.82) is 0 Å². The van der Waals surface area contributed by atoms with Gasteiger partial charge in [0.1, 0.15) is 24.4 Å². The van der Waals surface area contributed by atoms with Crippen LogP contribution in [0.2, 0.25) is 0 Å². The topological polar surface area (TPSA) is 145 Å². The second kappa shape index (κ2) is 5.85. The number of ketones is 2. The standard InChI is InChI=1S/C16H16O8/c17-6-11-13(20)14(21)15(22)16(23,24-11)9-5-10(18)7-3-1-2-4-8(7)12(9)19/h1-5,11,13-15,17,20-23H,6H2/t11-,13+,14+,15-,16-/m1/s1. The number of carbonyl (C=O) groups is 2. The van der Waals surface area contributed by atoms with E-state index >= 15 is 0 Å². The first kappa shape index (κ1) is 16.9. The highest BCUT2D eigenvalue weighted by Crippen LogP contribution is 2.37. The van der Waals surface area contributed by atoms with E-state index in [0.29, 0.717) is 0 Å². The van der Waals surface area contributed by atoms with Gasteiger partial charge >= 0.3 is 0 Å². The SMILES string of the molecule is O=C1C=C([C@@]2(O)O[C@H](CO)[C@H](O)[C@H](O)[C@H]2O)C(=O)c2ccccc21. The lowest BCUT2D eigenvalue weighted by molar-refractivity contribution is -0.330. The number of carbonyl (C=O) groups excluding carboxylic acids is 2. The van der Waals surface area contributed by atoms with Crippen LogP contribution in [0.25, 0.3) is 0 Å². The predicted molar refractivity (Wildman–Crippen MR) is 78.1 cm³/mol. The second-order valence-corrected chi connectivity index (χ2v) is 5.76. The summed E-state index contributed by atoms with van der Waals surface area (Å²) in [6.07, 6.45) is -6.28. The molecule has 1 aliphatic carbocycles. The van der Waals surface area contributed by atoms with Gasteiger partial charge in [0.2, 0.25) is 5.79 Å². The zero-order valence-electron chi connectivity index (χ0n) is 12.4. The Morgan fingerprint density at radius 3 is 2.29 bits per heavy atom. The summed E-state index contributed by atoms with van der Waals surface area (Å²) in [7, 11) is 0. The molecule has 0 amide bonds. The largest absolute Gasteiger partial charge is 0.394 e. The van der Waals surface area contributed by atoms with Crippen LogP contribution < -0.4 is 0 Å². The molecule has 24 heavy (non-hydrogen) atoms. The minimum absolute atomic E-state index is 0.0189. The number of benzene rings is 1. The van der Waals surface area contributed by atoms with Crippen LogP contribution in [-0.2, 0) is 4.74 Å². The van der Waals surface area contributed by atoms with Crippen molar-refractivity contribution in [3.63, 3.8) is 0 Å². The summed E-state index contributed by atoms with van der Waals surface area (Å²) in [5, 5.41) is 49.6.